The number of rotatable bonds is 6. The van der Waals surface area contributed by atoms with Crippen LogP contribution < -0.4 is 10.2 Å². The Morgan fingerprint density at radius 1 is 1.05 bits per heavy atom. The molecule has 0 aliphatic carbocycles. The summed E-state index contributed by atoms with van der Waals surface area (Å²) in [4.78, 5) is 25.6. The van der Waals surface area contributed by atoms with Crippen LogP contribution in [0.15, 0.2) is 42.5 Å². The van der Waals surface area contributed by atoms with Gasteiger partial charge in [-0.2, -0.15) is 31.4 Å². The highest BCUT2D eigenvalue weighted by Crippen LogP contribution is 2.39. The first-order chi connectivity index (χ1) is 17.6. The van der Waals surface area contributed by atoms with Gasteiger partial charge in [-0.1, -0.05) is 23.7 Å². The molecular weight excluding hydrogens is 542 g/mol. The molecule has 0 saturated carbocycles. The van der Waals surface area contributed by atoms with E-state index in [1.165, 1.54) is 42.2 Å². The van der Waals surface area contributed by atoms with Gasteiger partial charge in [-0.25, -0.2) is 9.48 Å². The van der Waals surface area contributed by atoms with Gasteiger partial charge in [0.1, 0.15) is 11.4 Å². The molecule has 38 heavy (non-hydrogen) atoms. The summed E-state index contributed by atoms with van der Waals surface area (Å²) >= 11 is 5.85. The number of hydrogen-bond acceptors (Lipinski definition) is 4. The van der Waals surface area contributed by atoms with Crippen molar-refractivity contribution in [2.24, 2.45) is 0 Å². The second-order valence-electron chi connectivity index (χ2n) is 8.66. The molecule has 4 rings (SSSR count). The molecule has 3 aromatic rings. The number of nitrogens with zero attached hydrogens (tertiary/aromatic N) is 3. The van der Waals surface area contributed by atoms with Gasteiger partial charge in [0.15, 0.2) is 5.69 Å². The molecule has 0 radical (unpaired) electrons. The quantitative estimate of drug-likeness (QED) is 0.373. The minimum Gasteiger partial charge on any atom is -0.478 e. The summed E-state index contributed by atoms with van der Waals surface area (Å²) in [5, 5.41) is 14.9. The van der Waals surface area contributed by atoms with E-state index >= 15 is 0 Å². The number of anilines is 1. The van der Waals surface area contributed by atoms with Crippen molar-refractivity contribution in [1.82, 2.24) is 15.1 Å². The number of carboxylic acids is 1. The molecule has 2 N–H and O–H groups in total. The number of nitrogens with one attached hydrogen (secondary N) is 1. The van der Waals surface area contributed by atoms with Gasteiger partial charge >= 0.3 is 18.3 Å². The molecular formula is C24H19ClF6N4O3. The molecule has 2 aromatic carbocycles. The molecule has 2 heterocycles. The van der Waals surface area contributed by atoms with E-state index in [0.29, 0.717) is 5.56 Å². The molecule has 1 aliphatic rings. The predicted octanol–water partition coefficient (Wildman–Crippen LogP) is 5.78. The lowest BCUT2D eigenvalue weighted by Gasteiger charge is -2.21. The third-order valence-corrected chi connectivity index (χ3v) is 6.18. The number of carboxylic acid groups (broad SMARTS) is 1. The number of carbonyl (C=O) groups excluding carboxylic acids is 1. The first-order valence-electron chi connectivity index (χ1n) is 11.1. The van der Waals surface area contributed by atoms with Crippen LogP contribution in [0.5, 0.6) is 0 Å². The van der Waals surface area contributed by atoms with Gasteiger partial charge in [0.25, 0.3) is 5.91 Å². The predicted molar refractivity (Wildman–Crippen MR) is 124 cm³/mol. The lowest BCUT2D eigenvalue weighted by atomic mass is 10.1. The molecule has 1 aliphatic heterocycles. The van der Waals surface area contributed by atoms with Crippen molar-refractivity contribution in [1.29, 1.82) is 0 Å². The number of fused-ring (bicyclic) bond motifs is 1. The normalized spacial score (nSPS) is 14.4. The van der Waals surface area contributed by atoms with Gasteiger partial charge in [-0.15, -0.1) is 0 Å². The Balaban J connectivity index is 1.67. The number of carbonyl (C=O) groups is 2. The van der Waals surface area contributed by atoms with E-state index in [0.717, 1.165) is 16.8 Å². The smallest absolute Gasteiger partial charge is 0.436 e. The Morgan fingerprint density at radius 2 is 1.71 bits per heavy atom. The maximum absolute atomic E-state index is 13.9. The lowest BCUT2D eigenvalue weighted by molar-refractivity contribution is -0.142. The van der Waals surface area contributed by atoms with Crippen molar-refractivity contribution in [3.8, 4) is 0 Å². The van der Waals surface area contributed by atoms with Crippen LogP contribution in [0.1, 0.15) is 56.1 Å². The second kappa shape index (κ2) is 9.86. The Morgan fingerprint density at radius 3 is 2.29 bits per heavy atom. The minimum atomic E-state index is -4.98. The fourth-order valence-electron chi connectivity index (χ4n) is 4.21. The fourth-order valence-corrected chi connectivity index (χ4v) is 4.46. The summed E-state index contributed by atoms with van der Waals surface area (Å²) in [6.45, 7) is 1.33. The van der Waals surface area contributed by atoms with Gasteiger partial charge in [-0.3, -0.25) is 4.79 Å². The van der Waals surface area contributed by atoms with Crippen molar-refractivity contribution < 1.29 is 41.0 Å². The zero-order chi connectivity index (χ0) is 28.0. The highest BCUT2D eigenvalue weighted by molar-refractivity contribution is 6.30. The summed E-state index contributed by atoms with van der Waals surface area (Å²) in [5.41, 5.74) is -2.68. The van der Waals surface area contributed by atoms with E-state index in [1.54, 1.807) is 0 Å². The van der Waals surface area contributed by atoms with Crippen LogP contribution in [0.3, 0.4) is 0 Å². The van der Waals surface area contributed by atoms with Gasteiger partial charge in [0.05, 0.1) is 23.7 Å². The van der Waals surface area contributed by atoms with Crippen LogP contribution >= 0.6 is 11.6 Å². The molecule has 0 bridgehead atoms. The van der Waals surface area contributed by atoms with Crippen LogP contribution in [-0.2, 0) is 25.4 Å². The van der Waals surface area contributed by atoms with E-state index in [9.17, 15) is 35.9 Å². The van der Waals surface area contributed by atoms with Crippen molar-refractivity contribution in [3.05, 3.63) is 81.0 Å². The first kappa shape index (κ1) is 27.3. The van der Waals surface area contributed by atoms with E-state index in [1.807, 2.05) is 0 Å². The second-order valence-corrected chi connectivity index (χ2v) is 9.09. The van der Waals surface area contributed by atoms with Crippen molar-refractivity contribution in [2.75, 3.05) is 11.4 Å². The molecule has 14 heteroatoms. The summed E-state index contributed by atoms with van der Waals surface area (Å²) in [6.07, 6.45) is -9.67. The molecule has 1 atom stereocenters. The average Bonchev–Trinajstić information content (AvgIpc) is 3.38. The summed E-state index contributed by atoms with van der Waals surface area (Å²) in [6, 6.07) is 7.48. The molecule has 7 nitrogen and oxygen atoms in total. The van der Waals surface area contributed by atoms with E-state index in [-0.39, 0.29) is 41.6 Å². The molecule has 0 fully saturated rings. The van der Waals surface area contributed by atoms with E-state index in [2.05, 4.69) is 10.4 Å². The van der Waals surface area contributed by atoms with Gasteiger partial charge in [0.2, 0.25) is 0 Å². The zero-order valence-corrected chi connectivity index (χ0v) is 20.2. The Labute approximate surface area is 216 Å². The number of hydrogen-bond donors (Lipinski definition) is 2. The van der Waals surface area contributed by atoms with Crippen molar-refractivity contribution >= 4 is 29.3 Å². The highest BCUT2D eigenvalue weighted by Gasteiger charge is 2.44. The molecule has 0 spiro atoms. The Bertz CT molecular complexity index is 1390. The third kappa shape index (κ3) is 5.57. The summed E-state index contributed by atoms with van der Waals surface area (Å²) in [7, 11) is 0. The van der Waals surface area contributed by atoms with Crippen LogP contribution in [0.25, 0.3) is 0 Å². The maximum Gasteiger partial charge on any atom is 0.436 e. The number of halogens is 7. The van der Waals surface area contributed by atoms with Crippen LogP contribution in [0, 0.1) is 0 Å². The number of benzene rings is 2. The van der Waals surface area contributed by atoms with Crippen molar-refractivity contribution in [3.63, 3.8) is 0 Å². The number of aromatic carboxylic acids is 1. The van der Waals surface area contributed by atoms with E-state index in [4.69, 9.17) is 16.7 Å². The summed E-state index contributed by atoms with van der Waals surface area (Å²) < 4.78 is 82.3. The van der Waals surface area contributed by atoms with Crippen molar-refractivity contribution in [2.45, 2.75) is 38.4 Å². The van der Waals surface area contributed by atoms with Crippen LogP contribution in [0.2, 0.25) is 5.02 Å². The SMILES string of the molecule is CC(NC(=O)c1c(C(F)(F)F)nn2c1N(Cc1cc(Cl)cc(C(F)(F)F)c1)CC2)c1ccc(C(=O)O)cc1. The third-order valence-electron chi connectivity index (χ3n) is 5.97. The van der Waals surface area contributed by atoms with Gasteiger partial charge in [0, 0.05) is 18.1 Å². The highest BCUT2D eigenvalue weighted by atomic mass is 35.5. The maximum atomic E-state index is 13.9. The molecule has 0 saturated heterocycles. The topological polar surface area (TPSA) is 87.5 Å². The summed E-state index contributed by atoms with van der Waals surface area (Å²) in [5.74, 6) is -2.44. The Hall–Kier alpha value is -3.74. The van der Waals surface area contributed by atoms with E-state index < -0.39 is 47.1 Å². The number of aromatic nitrogens is 2. The first-order valence-corrected chi connectivity index (χ1v) is 11.5. The molecule has 1 unspecified atom stereocenters. The largest absolute Gasteiger partial charge is 0.478 e. The monoisotopic (exact) mass is 560 g/mol. The standard InChI is InChI=1S/C24H19ClF6N4O3/c1-12(14-2-4-15(5-3-14)22(37)38)32-20(36)18-19(24(29,30)31)33-35-7-6-34(21(18)35)11-13-8-16(23(26,27)28)10-17(25)9-13/h2-5,8-10,12H,6-7,11H2,1H3,(H,32,36)(H,37,38). The van der Waals surface area contributed by atoms with Crippen LogP contribution in [-0.4, -0.2) is 33.3 Å². The minimum absolute atomic E-state index is 0.00794. The number of amides is 1. The average molecular weight is 561 g/mol. The number of alkyl halides is 6. The van der Waals surface area contributed by atoms with Gasteiger partial charge < -0.3 is 15.3 Å². The molecule has 1 aromatic heterocycles. The van der Waals surface area contributed by atoms with Crippen LogP contribution in [0.4, 0.5) is 32.2 Å². The lowest BCUT2D eigenvalue weighted by Crippen LogP contribution is -2.31. The Kier molecular flexibility index (Phi) is 7.08. The van der Waals surface area contributed by atoms with Gasteiger partial charge in [-0.05, 0) is 48.4 Å². The zero-order valence-electron chi connectivity index (χ0n) is 19.5. The molecule has 1 amide bonds. The molecule has 202 valence electrons. The fraction of sp³-hybridized carbons (Fsp3) is 0.292.